The van der Waals surface area contributed by atoms with Gasteiger partial charge >= 0.3 is 5.97 Å². The number of carbonyl (C=O) groups is 2. The van der Waals surface area contributed by atoms with Crippen LogP contribution in [0.25, 0.3) is 0 Å². The van der Waals surface area contributed by atoms with Gasteiger partial charge in [-0.2, -0.15) is 0 Å². The van der Waals surface area contributed by atoms with Crippen molar-refractivity contribution in [2.45, 2.75) is 31.7 Å². The van der Waals surface area contributed by atoms with Crippen molar-refractivity contribution in [1.82, 2.24) is 19.9 Å². The van der Waals surface area contributed by atoms with E-state index in [0.29, 0.717) is 11.0 Å². The number of aromatic nitrogens is 3. The van der Waals surface area contributed by atoms with E-state index in [-0.39, 0.29) is 23.8 Å². The van der Waals surface area contributed by atoms with Crippen LogP contribution in [0.2, 0.25) is 0 Å². The molecule has 2 aromatic heterocycles. The molecule has 1 spiro atoms. The molecule has 8 nitrogen and oxygen atoms in total. The summed E-state index contributed by atoms with van der Waals surface area (Å²) in [7, 11) is 2.15. The van der Waals surface area contributed by atoms with Gasteiger partial charge in [-0.3, -0.25) is 9.78 Å². The summed E-state index contributed by atoms with van der Waals surface area (Å²) < 4.78 is 5.10. The van der Waals surface area contributed by atoms with E-state index in [4.69, 9.17) is 4.74 Å². The normalized spacial score (nSPS) is 16.2. The molecule has 3 aromatic rings. The molecule has 1 saturated carbocycles. The van der Waals surface area contributed by atoms with E-state index in [1.807, 2.05) is 6.07 Å². The van der Waals surface area contributed by atoms with Crippen LogP contribution in [-0.4, -0.2) is 51.8 Å². The van der Waals surface area contributed by atoms with Crippen LogP contribution in [0, 0.1) is 0 Å². The number of nitrogens with one attached hydrogen (secondary N) is 1. The van der Waals surface area contributed by atoms with Crippen molar-refractivity contribution in [3.05, 3.63) is 76.9 Å². The monoisotopic (exact) mass is 443 g/mol. The van der Waals surface area contributed by atoms with Gasteiger partial charge in [0.05, 0.1) is 6.61 Å². The minimum atomic E-state index is -0.636. The SMILES string of the molecule is CCOC(=O)c1cnc(Nc2ccc3c(c2)CN(C)CC32CC2)nc1C(=O)c1cccnc1. The smallest absolute Gasteiger partial charge is 0.342 e. The molecule has 2 aliphatic rings. The summed E-state index contributed by atoms with van der Waals surface area (Å²) >= 11 is 0. The third-order valence-electron chi connectivity index (χ3n) is 6.22. The van der Waals surface area contributed by atoms with Gasteiger partial charge in [0.1, 0.15) is 11.3 Å². The van der Waals surface area contributed by atoms with Crippen molar-refractivity contribution in [2.75, 3.05) is 25.5 Å². The van der Waals surface area contributed by atoms with Crippen molar-refractivity contribution in [3.63, 3.8) is 0 Å². The lowest BCUT2D eigenvalue weighted by atomic mass is 9.87. The molecule has 0 atom stereocenters. The predicted molar refractivity (Wildman–Crippen MR) is 123 cm³/mol. The average molecular weight is 444 g/mol. The van der Waals surface area contributed by atoms with Gasteiger partial charge in [-0.15, -0.1) is 0 Å². The number of carbonyl (C=O) groups excluding carboxylic acids is 2. The van der Waals surface area contributed by atoms with E-state index in [0.717, 1.165) is 18.8 Å². The van der Waals surface area contributed by atoms with Gasteiger partial charge in [0, 0.05) is 48.3 Å². The molecule has 1 aliphatic heterocycles. The quantitative estimate of drug-likeness (QED) is 0.457. The molecule has 5 rings (SSSR count). The molecular formula is C25H25N5O3. The second-order valence-corrected chi connectivity index (χ2v) is 8.70. The number of nitrogens with zero attached hydrogens (tertiary/aromatic N) is 4. The Morgan fingerprint density at radius 2 is 2.06 bits per heavy atom. The average Bonchev–Trinajstić information content (AvgIpc) is 3.58. The molecule has 0 bridgehead atoms. The summed E-state index contributed by atoms with van der Waals surface area (Å²) in [6.45, 7) is 3.88. The Morgan fingerprint density at radius 1 is 1.21 bits per heavy atom. The zero-order valence-electron chi connectivity index (χ0n) is 18.7. The highest BCUT2D eigenvalue weighted by Gasteiger charge is 2.48. The Balaban J connectivity index is 1.47. The van der Waals surface area contributed by atoms with Gasteiger partial charge in [-0.05, 0) is 62.2 Å². The highest BCUT2D eigenvalue weighted by atomic mass is 16.5. The van der Waals surface area contributed by atoms with Crippen LogP contribution < -0.4 is 5.32 Å². The summed E-state index contributed by atoms with van der Waals surface area (Å²) in [5, 5.41) is 3.20. The number of anilines is 2. The highest BCUT2D eigenvalue weighted by Crippen LogP contribution is 2.52. The summed E-state index contributed by atoms with van der Waals surface area (Å²) in [5.74, 6) is -0.817. The zero-order valence-corrected chi connectivity index (χ0v) is 18.7. The first kappa shape index (κ1) is 21.2. The minimum absolute atomic E-state index is 0.0198. The van der Waals surface area contributed by atoms with Crippen molar-refractivity contribution in [1.29, 1.82) is 0 Å². The van der Waals surface area contributed by atoms with Crippen LogP contribution in [-0.2, 0) is 16.7 Å². The lowest BCUT2D eigenvalue weighted by Crippen LogP contribution is -2.35. The highest BCUT2D eigenvalue weighted by molar-refractivity contribution is 6.13. The van der Waals surface area contributed by atoms with Crippen LogP contribution in [0.4, 0.5) is 11.6 Å². The first-order chi connectivity index (χ1) is 16.0. The Bertz CT molecular complexity index is 1220. The molecule has 168 valence electrons. The minimum Gasteiger partial charge on any atom is -0.462 e. The van der Waals surface area contributed by atoms with Crippen molar-refractivity contribution in [2.24, 2.45) is 0 Å². The summed E-state index contributed by atoms with van der Waals surface area (Å²) in [5.41, 5.74) is 4.20. The number of benzene rings is 1. The summed E-state index contributed by atoms with van der Waals surface area (Å²) in [6.07, 6.45) is 6.82. The maximum Gasteiger partial charge on any atom is 0.342 e. The standard InChI is InChI=1S/C25H25N5O3/c1-3-33-23(32)19-13-27-24(29-21(19)22(31)16-5-4-10-26-12-16)28-18-6-7-20-17(11-18)14-30(2)15-25(20)8-9-25/h4-7,10-13H,3,8-9,14-15H2,1-2H3,(H,27,28,29). The first-order valence-corrected chi connectivity index (χ1v) is 11.1. The number of hydrogen-bond acceptors (Lipinski definition) is 8. The topological polar surface area (TPSA) is 97.3 Å². The third kappa shape index (κ3) is 4.09. The number of likely N-dealkylation sites (N-methyl/N-ethyl adjacent to an activating group) is 1. The number of esters is 1. The molecule has 3 heterocycles. The Morgan fingerprint density at radius 3 is 2.79 bits per heavy atom. The molecular weight excluding hydrogens is 418 g/mol. The summed E-state index contributed by atoms with van der Waals surface area (Å²) in [4.78, 5) is 40.6. The summed E-state index contributed by atoms with van der Waals surface area (Å²) in [6, 6.07) is 9.62. The van der Waals surface area contributed by atoms with Crippen LogP contribution in [0.1, 0.15) is 57.3 Å². The third-order valence-corrected chi connectivity index (χ3v) is 6.22. The molecule has 1 aromatic carbocycles. The molecule has 0 saturated heterocycles. The molecule has 1 aliphatic carbocycles. The van der Waals surface area contributed by atoms with Crippen LogP contribution in [0.15, 0.2) is 48.9 Å². The molecule has 0 amide bonds. The van der Waals surface area contributed by atoms with Crippen LogP contribution in [0.5, 0.6) is 0 Å². The van der Waals surface area contributed by atoms with E-state index < -0.39 is 11.8 Å². The van der Waals surface area contributed by atoms with E-state index in [1.165, 1.54) is 36.4 Å². The van der Waals surface area contributed by atoms with Crippen LogP contribution in [0.3, 0.4) is 0 Å². The van der Waals surface area contributed by atoms with E-state index in [9.17, 15) is 9.59 Å². The Hall–Kier alpha value is -3.65. The van der Waals surface area contributed by atoms with Gasteiger partial charge in [-0.1, -0.05) is 6.07 Å². The fraction of sp³-hybridized carbons (Fsp3) is 0.320. The van der Waals surface area contributed by atoms with Crippen molar-refractivity contribution >= 4 is 23.4 Å². The fourth-order valence-corrected chi connectivity index (χ4v) is 4.58. The van der Waals surface area contributed by atoms with Crippen molar-refractivity contribution in [3.8, 4) is 0 Å². The van der Waals surface area contributed by atoms with Crippen molar-refractivity contribution < 1.29 is 14.3 Å². The van der Waals surface area contributed by atoms with Gasteiger partial charge < -0.3 is 15.0 Å². The molecule has 0 unspecified atom stereocenters. The fourth-order valence-electron chi connectivity index (χ4n) is 4.58. The lowest BCUT2D eigenvalue weighted by Gasteiger charge is -2.32. The molecule has 8 heteroatoms. The van der Waals surface area contributed by atoms with E-state index in [1.54, 1.807) is 25.3 Å². The number of fused-ring (bicyclic) bond motifs is 2. The number of pyridine rings is 1. The predicted octanol–water partition coefficient (Wildman–Crippen LogP) is 3.50. The Kier molecular flexibility index (Phi) is 5.38. The molecule has 0 radical (unpaired) electrons. The van der Waals surface area contributed by atoms with Gasteiger partial charge in [0.25, 0.3) is 0 Å². The zero-order chi connectivity index (χ0) is 23.0. The molecule has 1 N–H and O–H groups in total. The largest absolute Gasteiger partial charge is 0.462 e. The maximum absolute atomic E-state index is 13.1. The molecule has 1 fully saturated rings. The lowest BCUT2D eigenvalue weighted by molar-refractivity contribution is 0.0522. The van der Waals surface area contributed by atoms with Gasteiger partial charge in [-0.25, -0.2) is 14.8 Å². The van der Waals surface area contributed by atoms with E-state index >= 15 is 0 Å². The number of rotatable bonds is 6. The maximum atomic E-state index is 13.1. The first-order valence-electron chi connectivity index (χ1n) is 11.1. The number of ketones is 1. The van der Waals surface area contributed by atoms with Gasteiger partial charge in [0.15, 0.2) is 0 Å². The number of ether oxygens (including phenoxy) is 1. The van der Waals surface area contributed by atoms with E-state index in [2.05, 4.69) is 44.3 Å². The van der Waals surface area contributed by atoms with Gasteiger partial charge in [0.2, 0.25) is 11.7 Å². The Labute approximate surface area is 192 Å². The molecule has 33 heavy (non-hydrogen) atoms. The second-order valence-electron chi connectivity index (χ2n) is 8.70. The number of hydrogen-bond donors (Lipinski definition) is 1. The second kappa shape index (κ2) is 8.37. The van der Waals surface area contributed by atoms with Crippen LogP contribution >= 0.6 is 0 Å².